The van der Waals surface area contributed by atoms with E-state index in [4.69, 9.17) is 9.47 Å². The van der Waals surface area contributed by atoms with Gasteiger partial charge in [-0.05, 0) is 19.1 Å². The summed E-state index contributed by atoms with van der Waals surface area (Å²) in [4.78, 5) is 10.6. The topological polar surface area (TPSA) is 35.5 Å². The van der Waals surface area contributed by atoms with Crippen molar-refractivity contribution in [1.29, 1.82) is 0 Å². The minimum atomic E-state index is 0.618. The summed E-state index contributed by atoms with van der Waals surface area (Å²) in [7, 11) is 3.12. The van der Waals surface area contributed by atoms with E-state index < -0.39 is 0 Å². The summed E-state index contributed by atoms with van der Waals surface area (Å²) in [6.07, 6.45) is 0.803. The normalized spacial score (nSPS) is 9.46. The number of carbonyl (C=O) groups is 1. The average molecular weight is 180 g/mol. The lowest BCUT2D eigenvalue weighted by Gasteiger charge is -2.11. The van der Waals surface area contributed by atoms with Crippen LogP contribution in [0.4, 0.5) is 0 Å². The molecule has 0 saturated heterocycles. The molecule has 0 fully saturated rings. The highest BCUT2D eigenvalue weighted by atomic mass is 16.5. The van der Waals surface area contributed by atoms with Crippen LogP contribution in [-0.4, -0.2) is 20.5 Å². The fraction of sp³-hybridized carbons (Fsp3) is 0.300. The molecule has 0 spiro atoms. The molecule has 70 valence electrons. The van der Waals surface area contributed by atoms with Gasteiger partial charge in [-0.3, -0.25) is 4.79 Å². The highest BCUT2D eigenvalue weighted by molar-refractivity contribution is 5.79. The van der Waals surface area contributed by atoms with E-state index in [0.29, 0.717) is 17.1 Å². The predicted molar refractivity (Wildman–Crippen MR) is 49.7 cm³/mol. The van der Waals surface area contributed by atoms with Crippen LogP contribution in [0, 0.1) is 6.92 Å². The first kappa shape index (κ1) is 9.58. The zero-order chi connectivity index (χ0) is 9.84. The molecule has 3 heteroatoms. The quantitative estimate of drug-likeness (QED) is 0.665. The average Bonchev–Trinajstić information content (AvgIpc) is 2.17. The monoisotopic (exact) mass is 180 g/mol. The maximum Gasteiger partial charge on any atom is 0.164 e. The fourth-order valence-electron chi connectivity index (χ4n) is 1.22. The molecule has 0 heterocycles. The molecule has 0 N–H and O–H groups in total. The van der Waals surface area contributed by atoms with Crippen molar-refractivity contribution in [2.45, 2.75) is 6.92 Å². The predicted octanol–water partition coefficient (Wildman–Crippen LogP) is 1.82. The molecule has 0 amide bonds. The molecule has 0 aliphatic carbocycles. The van der Waals surface area contributed by atoms with E-state index >= 15 is 0 Å². The summed E-state index contributed by atoms with van der Waals surface area (Å²) in [5, 5.41) is 0. The molecule has 0 aromatic heterocycles. The molecule has 0 radical (unpaired) electrons. The van der Waals surface area contributed by atoms with Crippen molar-refractivity contribution in [2.75, 3.05) is 14.2 Å². The molecule has 1 rings (SSSR count). The first-order valence-corrected chi connectivity index (χ1v) is 3.91. The number of hydrogen-bond acceptors (Lipinski definition) is 3. The van der Waals surface area contributed by atoms with Crippen LogP contribution in [0.2, 0.25) is 0 Å². The molecular formula is C10H12O3. The van der Waals surface area contributed by atoms with Gasteiger partial charge in [0.05, 0.1) is 14.2 Å². The Morgan fingerprint density at radius 2 is 1.92 bits per heavy atom. The van der Waals surface area contributed by atoms with E-state index in [1.54, 1.807) is 26.4 Å². The van der Waals surface area contributed by atoms with Gasteiger partial charge in [-0.1, -0.05) is 0 Å². The van der Waals surface area contributed by atoms with Crippen molar-refractivity contribution >= 4 is 6.29 Å². The largest absolute Gasteiger partial charge is 0.493 e. The van der Waals surface area contributed by atoms with Gasteiger partial charge in [0, 0.05) is 11.1 Å². The number of hydrogen-bond donors (Lipinski definition) is 0. The van der Waals surface area contributed by atoms with Crippen LogP contribution in [0.15, 0.2) is 12.1 Å². The van der Waals surface area contributed by atoms with E-state index in [9.17, 15) is 4.79 Å². The number of benzene rings is 1. The van der Waals surface area contributed by atoms with E-state index in [-0.39, 0.29) is 0 Å². The van der Waals surface area contributed by atoms with Crippen LogP contribution in [-0.2, 0) is 0 Å². The first-order chi connectivity index (χ1) is 6.24. The molecule has 0 aliphatic rings. The van der Waals surface area contributed by atoms with Crippen LogP contribution in [0.3, 0.4) is 0 Å². The zero-order valence-electron chi connectivity index (χ0n) is 7.96. The lowest BCUT2D eigenvalue weighted by molar-refractivity contribution is 0.112. The van der Waals surface area contributed by atoms with Crippen LogP contribution in [0.1, 0.15) is 15.9 Å². The second-order valence-electron chi connectivity index (χ2n) is 2.63. The van der Waals surface area contributed by atoms with Gasteiger partial charge in [0.25, 0.3) is 0 Å². The summed E-state index contributed by atoms with van der Waals surface area (Å²) >= 11 is 0. The lowest BCUT2D eigenvalue weighted by Crippen LogP contribution is -1.96. The molecule has 3 nitrogen and oxygen atoms in total. The Morgan fingerprint density at radius 1 is 1.23 bits per heavy atom. The standard InChI is InChI=1S/C10H12O3/c1-7-8(6-11)4-5-9(12-2)10(7)13-3/h4-6H,1-3H3. The van der Waals surface area contributed by atoms with E-state index in [0.717, 1.165) is 11.8 Å². The molecule has 0 saturated carbocycles. The van der Waals surface area contributed by atoms with E-state index in [1.807, 2.05) is 6.92 Å². The highest BCUT2D eigenvalue weighted by Crippen LogP contribution is 2.31. The zero-order valence-corrected chi connectivity index (χ0v) is 7.96. The summed E-state index contributed by atoms with van der Waals surface area (Å²) in [6, 6.07) is 3.43. The summed E-state index contributed by atoms with van der Waals surface area (Å²) in [6.45, 7) is 1.82. The second-order valence-corrected chi connectivity index (χ2v) is 2.63. The van der Waals surface area contributed by atoms with Crippen molar-refractivity contribution in [1.82, 2.24) is 0 Å². The molecule has 0 aliphatic heterocycles. The van der Waals surface area contributed by atoms with Crippen molar-refractivity contribution < 1.29 is 14.3 Å². The number of aldehydes is 1. The molecular weight excluding hydrogens is 168 g/mol. The van der Waals surface area contributed by atoms with Gasteiger partial charge in [0.15, 0.2) is 11.5 Å². The molecule has 1 aromatic rings. The fourth-order valence-corrected chi connectivity index (χ4v) is 1.22. The van der Waals surface area contributed by atoms with Gasteiger partial charge in [-0.15, -0.1) is 0 Å². The molecule has 0 bridgehead atoms. The summed E-state index contributed by atoms with van der Waals surface area (Å²) < 4.78 is 10.2. The van der Waals surface area contributed by atoms with Gasteiger partial charge >= 0.3 is 0 Å². The van der Waals surface area contributed by atoms with Crippen LogP contribution < -0.4 is 9.47 Å². The maximum absolute atomic E-state index is 10.6. The summed E-state index contributed by atoms with van der Waals surface area (Å²) in [5.41, 5.74) is 1.43. The Hall–Kier alpha value is -1.51. The number of methoxy groups -OCH3 is 2. The third-order valence-corrected chi connectivity index (χ3v) is 1.96. The third kappa shape index (κ3) is 1.64. The Morgan fingerprint density at radius 3 is 2.38 bits per heavy atom. The Kier molecular flexibility index (Phi) is 2.90. The van der Waals surface area contributed by atoms with Crippen LogP contribution in [0.5, 0.6) is 11.5 Å². The highest BCUT2D eigenvalue weighted by Gasteiger charge is 2.09. The minimum Gasteiger partial charge on any atom is -0.493 e. The Balaban J connectivity index is 3.31. The second kappa shape index (κ2) is 3.94. The van der Waals surface area contributed by atoms with Gasteiger partial charge in [0.2, 0.25) is 0 Å². The molecule has 1 aromatic carbocycles. The van der Waals surface area contributed by atoms with Gasteiger partial charge in [0.1, 0.15) is 6.29 Å². The van der Waals surface area contributed by atoms with Crippen molar-refractivity contribution in [2.24, 2.45) is 0 Å². The number of carbonyl (C=O) groups excluding carboxylic acids is 1. The van der Waals surface area contributed by atoms with Crippen molar-refractivity contribution in [3.63, 3.8) is 0 Å². The van der Waals surface area contributed by atoms with Crippen LogP contribution in [0.25, 0.3) is 0 Å². The first-order valence-electron chi connectivity index (χ1n) is 3.91. The molecule has 0 atom stereocenters. The Labute approximate surface area is 77.3 Å². The Bertz CT molecular complexity index is 318. The maximum atomic E-state index is 10.6. The van der Waals surface area contributed by atoms with Gasteiger partial charge in [-0.25, -0.2) is 0 Å². The number of rotatable bonds is 3. The molecule has 0 unspecified atom stereocenters. The molecule has 13 heavy (non-hydrogen) atoms. The van der Waals surface area contributed by atoms with Crippen LogP contribution >= 0.6 is 0 Å². The van der Waals surface area contributed by atoms with Gasteiger partial charge in [-0.2, -0.15) is 0 Å². The number of ether oxygens (including phenoxy) is 2. The van der Waals surface area contributed by atoms with Gasteiger partial charge < -0.3 is 9.47 Å². The SMILES string of the molecule is COc1ccc(C=O)c(C)c1OC. The smallest absolute Gasteiger partial charge is 0.164 e. The lowest BCUT2D eigenvalue weighted by atomic mass is 10.1. The third-order valence-electron chi connectivity index (χ3n) is 1.96. The summed E-state index contributed by atoms with van der Waals surface area (Å²) in [5.74, 6) is 1.26. The van der Waals surface area contributed by atoms with Crippen molar-refractivity contribution in [3.8, 4) is 11.5 Å². The van der Waals surface area contributed by atoms with Crippen molar-refractivity contribution in [3.05, 3.63) is 23.3 Å². The van der Waals surface area contributed by atoms with E-state index in [2.05, 4.69) is 0 Å². The van der Waals surface area contributed by atoms with E-state index in [1.165, 1.54) is 0 Å². The minimum absolute atomic E-state index is 0.618.